The van der Waals surface area contributed by atoms with Crippen LogP contribution in [0.2, 0.25) is 0 Å². The van der Waals surface area contributed by atoms with Gasteiger partial charge in [-0.25, -0.2) is 4.79 Å². The number of allylic oxidation sites excluding steroid dienone is 1. The van der Waals surface area contributed by atoms with Gasteiger partial charge in [-0.2, -0.15) is 0 Å². The van der Waals surface area contributed by atoms with Crippen molar-refractivity contribution in [3.05, 3.63) is 53.1 Å². The van der Waals surface area contributed by atoms with Crippen molar-refractivity contribution in [2.75, 3.05) is 13.2 Å². The first-order chi connectivity index (χ1) is 14.5. The monoisotopic (exact) mass is 506 g/mol. The second kappa shape index (κ2) is 9.20. The fraction of sp³-hybridized carbons (Fsp3) is 0.316. The number of carbonyl (C=O) groups is 3. The number of para-hydroxylation sites is 1. The van der Waals surface area contributed by atoms with Crippen molar-refractivity contribution in [2.45, 2.75) is 22.1 Å². The summed E-state index contributed by atoms with van der Waals surface area (Å²) in [6, 6.07) is 7.52. The van der Waals surface area contributed by atoms with Crippen LogP contribution in [0.15, 0.2) is 53.1 Å². The molecule has 2 aliphatic heterocycles. The Morgan fingerprint density at radius 1 is 1.26 bits per heavy atom. The fourth-order valence-corrected chi connectivity index (χ4v) is 4.70. The van der Waals surface area contributed by atoms with Crippen LogP contribution in [-0.2, 0) is 29.9 Å². The van der Waals surface area contributed by atoms with Gasteiger partial charge >= 0.3 is 5.97 Å². The molecule has 0 bridgehead atoms. The third kappa shape index (κ3) is 5.06. The van der Waals surface area contributed by atoms with Gasteiger partial charge in [0.1, 0.15) is 29.5 Å². The number of amides is 2. The SMILES string of the molecule is C=C1C(C)=C(C(=O)OCC(Cl)(Cl)Cl)N2C(=O)C(NC(=O)COc3ccccc3)C2S1=O. The number of alkyl halides is 3. The molecule has 12 heteroatoms. The summed E-state index contributed by atoms with van der Waals surface area (Å²) in [5.41, 5.74) is 0.0642. The molecular weight excluding hydrogens is 491 g/mol. The average molecular weight is 508 g/mol. The summed E-state index contributed by atoms with van der Waals surface area (Å²) in [7, 11) is -1.76. The Morgan fingerprint density at radius 2 is 1.90 bits per heavy atom. The largest absolute Gasteiger partial charge is 0.484 e. The molecule has 31 heavy (non-hydrogen) atoms. The number of carbonyl (C=O) groups excluding carboxylic acids is 3. The Kier molecular flexibility index (Phi) is 7.00. The standard InChI is InChI=1S/C19H17Cl3N2O6S/c1-10-11(2)31(28)17-14(23-13(25)8-29-12-6-4-3-5-7-12)16(26)24(17)15(10)18(27)30-9-19(20,21)22/h3-7,14,17H,2,8-9H2,1H3,(H,23,25). The van der Waals surface area contributed by atoms with Crippen LogP contribution < -0.4 is 10.1 Å². The van der Waals surface area contributed by atoms with Crippen LogP contribution in [0.4, 0.5) is 0 Å². The molecule has 3 atom stereocenters. The number of benzene rings is 1. The molecular formula is C19H17Cl3N2O6S. The number of esters is 1. The molecule has 0 aromatic heterocycles. The lowest BCUT2D eigenvalue weighted by atomic mass is 10.0. The number of fused-ring (bicyclic) bond motifs is 1. The van der Waals surface area contributed by atoms with Gasteiger partial charge in [0.15, 0.2) is 6.61 Å². The summed E-state index contributed by atoms with van der Waals surface area (Å²) in [6.07, 6.45) is 0. The molecule has 0 saturated carbocycles. The maximum atomic E-state index is 12.8. The Hall–Kier alpha value is -2.07. The smallest absolute Gasteiger partial charge is 0.355 e. The van der Waals surface area contributed by atoms with Crippen LogP contribution in [0.1, 0.15) is 6.92 Å². The molecule has 1 saturated heterocycles. The van der Waals surface area contributed by atoms with Crippen molar-refractivity contribution >= 4 is 63.4 Å². The van der Waals surface area contributed by atoms with Crippen LogP contribution in [0, 0.1) is 0 Å². The second-order valence-electron chi connectivity index (χ2n) is 6.63. The number of nitrogens with one attached hydrogen (secondary N) is 1. The molecule has 3 unspecified atom stereocenters. The maximum absolute atomic E-state index is 12.8. The quantitative estimate of drug-likeness (QED) is 0.360. The van der Waals surface area contributed by atoms with Gasteiger partial charge < -0.3 is 14.8 Å². The lowest BCUT2D eigenvalue weighted by Crippen LogP contribution is -2.73. The van der Waals surface area contributed by atoms with E-state index in [0.29, 0.717) is 5.75 Å². The minimum Gasteiger partial charge on any atom is -0.484 e. The first-order valence-electron chi connectivity index (χ1n) is 8.86. The molecule has 166 valence electrons. The van der Waals surface area contributed by atoms with E-state index in [0.717, 1.165) is 4.90 Å². The van der Waals surface area contributed by atoms with E-state index in [1.165, 1.54) is 6.92 Å². The van der Waals surface area contributed by atoms with E-state index >= 15 is 0 Å². The van der Waals surface area contributed by atoms with Crippen molar-refractivity contribution in [2.24, 2.45) is 0 Å². The van der Waals surface area contributed by atoms with Gasteiger partial charge in [0, 0.05) is 4.91 Å². The molecule has 1 aromatic rings. The number of rotatable bonds is 6. The van der Waals surface area contributed by atoms with Crippen molar-refractivity contribution in [1.29, 1.82) is 0 Å². The van der Waals surface area contributed by atoms with Crippen LogP contribution in [0.25, 0.3) is 0 Å². The van der Waals surface area contributed by atoms with E-state index in [4.69, 9.17) is 44.3 Å². The van der Waals surface area contributed by atoms with E-state index < -0.39 is 50.4 Å². The van der Waals surface area contributed by atoms with Gasteiger partial charge in [-0.05, 0) is 24.6 Å². The summed E-state index contributed by atoms with van der Waals surface area (Å²) >= 11 is 16.8. The van der Waals surface area contributed by atoms with E-state index in [1.807, 2.05) is 0 Å². The van der Waals surface area contributed by atoms with Crippen molar-refractivity contribution in [1.82, 2.24) is 10.2 Å². The summed E-state index contributed by atoms with van der Waals surface area (Å²) in [6.45, 7) is 4.32. The van der Waals surface area contributed by atoms with Gasteiger partial charge in [0.25, 0.3) is 11.8 Å². The van der Waals surface area contributed by atoms with E-state index in [2.05, 4.69) is 11.9 Å². The Balaban J connectivity index is 1.71. The highest BCUT2D eigenvalue weighted by atomic mass is 35.6. The summed E-state index contributed by atoms with van der Waals surface area (Å²) in [5, 5.41) is 1.48. The lowest BCUT2D eigenvalue weighted by Gasteiger charge is -2.49. The third-order valence-corrected chi connectivity index (χ3v) is 6.55. The molecule has 2 heterocycles. The Bertz CT molecular complexity index is 992. The zero-order chi connectivity index (χ0) is 22.9. The van der Waals surface area contributed by atoms with Crippen LogP contribution in [-0.4, -0.2) is 55.3 Å². The van der Waals surface area contributed by atoms with Gasteiger partial charge in [0.05, 0.1) is 10.8 Å². The molecule has 1 N–H and O–H groups in total. The molecule has 2 aliphatic rings. The van der Waals surface area contributed by atoms with E-state index in [-0.39, 0.29) is 22.8 Å². The molecule has 1 aromatic carbocycles. The molecule has 1 fully saturated rings. The van der Waals surface area contributed by atoms with Gasteiger partial charge in [-0.15, -0.1) is 0 Å². The van der Waals surface area contributed by atoms with Crippen LogP contribution in [0.5, 0.6) is 5.75 Å². The van der Waals surface area contributed by atoms with Gasteiger partial charge in [0.2, 0.25) is 3.79 Å². The summed E-state index contributed by atoms with van der Waals surface area (Å²) in [4.78, 5) is 38.6. The van der Waals surface area contributed by atoms with Gasteiger partial charge in [-0.3, -0.25) is 18.7 Å². The number of ether oxygens (including phenoxy) is 2. The van der Waals surface area contributed by atoms with E-state index in [9.17, 15) is 18.6 Å². The third-order valence-electron chi connectivity index (χ3n) is 4.51. The minimum absolute atomic E-state index is 0.134. The van der Waals surface area contributed by atoms with Crippen molar-refractivity contribution < 1.29 is 28.1 Å². The molecule has 0 aliphatic carbocycles. The second-order valence-corrected chi connectivity index (χ2v) is 10.7. The van der Waals surface area contributed by atoms with Crippen LogP contribution >= 0.6 is 34.8 Å². The first kappa shape index (κ1) is 23.6. The molecule has 8 nitrogen and oxygen atoms in total. The predicted octanol–water partition coefficient (Wildman–Crippen LogP) is 2.18. The summed E-state index contributed by atoms with van der Waals surface area (Å²) < 4.78 is 21.3. The normalized spacial score (nSPS) is 23.1. The highest BCUT2D eigenvalue weighted by Gasteiger charge is 2.58. The highest BCUT2D eigenvalue weighted by molar-refractivity contribution is 7.90. The average Bonchev–Trinajstić information content (AvgIpc) is 2.73. The number of nitrogens with zero attached hydrogens (tertiary/aromatic N) is 1. The van der Waals surface area contributed by atoms with Gasteiger partial charge in [-0.1, -0.05) is 59.6 Å². The lowest BCUT2D eigenvalue weighted by molar-refractivity contribution is -0.153. The number of hydrogen-bond donors (Lipinski definition) is 1. The molecule has 0 spiro atoms. The zero-order valence-corrected chi connectivity index (χ0v) is 19.2. The highest BCUT2D eigenvalue weighted by Crippen LogP contribution is 2.40. The topological polar surface area (TPSA) is 102 Å². The zero-order valence-electron chi connectivity index (χ0n) is 16.1. The predicted molar refractivity (Wildman–Crippen MR) is 116 cm³/mol. The van der Waals surface area contributed by atoms with Crippen molar-refractivity contribution in [3.8, 4) is 5.75 Å². The van der Waals surface area contributed by atoms with E-state index in [1.54, 1.807) is 30.3 Å². The van der Waals surface area contributed by atoms with Crippen molar-refractivity contribution in [3.63, 3.8) is 0 Å². The number of hydrogen-bond acceptors (Lipinski definition) is 6. The molecule has 0 radical (unpaired) electrons. The Morgan fingerprint density at radius 3 is 2.52 bits per heavy atom. The molecule has 3 rings (SSSR count). The number of halogens is 3. The minimum atomic E-state index is -1.84. The fourth-order valence-electron chi connectivity index (χ4n) is 3.01. The maximum Gasteiger partial charge on any atom is 0.355 e. The Labute approximate surface area is 195 Å². The number of β-lactam (4-membered cyclic amide) rings is 1. The summed E-state index contributed by atoms with van der Waals surface area (Å²) in [5.74, 6) is -1.67. The molecule has 2 amide bonds. The first-order valence-corrected chi connectivity index (χ1v) is 11.2. The van der Waals surface area contributed by atoms with Crippen LogP contribution in [0.3, 0.4) is 0 Å².